The van der Waals surface area contributed by atoms with E-state index in [1.165, 1.54) is 4.68 Å². The Morgan fingerprint density at radius 2 is 2.17 bits per heavy atom. The van der Waals surface area contributed by atoms with Crippen LogP contribution in [-0.2, 0) is 11.3 Å². The zero-order valence-corrected chi connectivity index (χ0v) is 10.2. The molecular weight excluding hydrogens is 228 g/mol. The number of aromatic nitrogens is 2. The fourth-order valence-electron chi connectivity index (χ4n) is 1.55. The van der Waals surface area contributed by atoms with Gasteiger partial charge in [-0.2, -0.15) is 9.78 Å². The summed E-state index contributed by atoms with van der Waals surface area (Å²) in [5, 5.41) is 4.06. The maximum Gasteiger partial charge on any atom is 0.435 e. The molecule has 0 radical (unpaired) electrons. The van der Waals surface area contributed by atoms with Crippen LogP contribution in [-0.4, -0.2) is 15.9 Å². The standard InChI is InChI=1S/C14H14N2O2/c1-3-13-9-16(15-11(13)2)14(17)18-10-12-7-5-4-6-8-12/h3-9H,1,10H2,2H3. The lowest BCUT2D eigenvalue weighted by molar-refractivity contribution is 0.137. The molecule has 4 nitrogen and oxygen atoms in total. The molecule has 92 valence electrons. The Hall–Kier alpha value is -2.36. The molecule has 0 atom stereocenters. The van der Waals surface area contributed by atoms with E-state index in [4.69, 9.17) is 4.74 Å². The van der Waals surface area contributed by atoms with E-state index in [0.29, 0.717) is 0 Å². The third-order valence-electron chi connectivity index (χ3n) is 2.55. The van der Waals surface area contributed by atoms with Crippen molar-refractivity contribution in [1.82, 2.24) is 9.78 Å². The maximum absolute atomic E-state index is 11.7. The van der Waals surface area contributed by atoms with Crippen LogP contribution < -0.4 is 0 Å². The highest BCUT2D eigenvalue weighted by atomic mass is 16.6. The topological polar surface area (TPSA) is 44.1 Å². The van der Waals surface area contributed by atoms with Gasteiger partial charge < -0.3 is 4.74 Å². The largest absolute Gasteiger partial charge is 0.443 e. The minimum Gasteiger partial charge on any atom is -0.443 e. The van der Waals surface area contributed by atoms with Crippen molar-refractivity contribution in [2.45, 2.75) is 13.5 Å². The second-order valence-corrected chi connectivity index (χ2v) is 3.86. The Kier molecular flexibility index (Phi) is 3.57. The molecule has 1 aromatic heterocycles. The second-order valence-electron chi connectivity index (χ2n) is 3.86. The van der Waals surface area contributed by atoms with Crippen molar-refractivity contribution in [3.63, 3.8) is 0 Å². The summed E-state index contributed by atoms with van der Waals surface area (Å²) in [5.41, 5.74) is 2.52. The number of carbonyl (C=O) groups excluding carboxylic acids is 1. The lowest BCUT2D eigenvalue weighted by Crippen LogP contribution is -2.14. The molecule has 0 spiro atoms. The summed E-state index contributed by atoms with van der Waals surface area (Å²) in [6.07, 6.45) is 2.77. The Morgan fingerprint density at radius 3 is 2.78 bits per heavy atom. The van der Waals surface area contributed by atoms with Gasteiger partial charge in [0.1, 0.15) is 6.61 Å². The first-order valence-electron chi connectivity index (χ1n) is 5.60. The Morgan fingerprint density at radius 1 is 1.44 bits per heavy atom. The molecule has 0 saturated carbocycles. The van der Waals surface area contributed by atoms with E-state index in [2.05, 4.69) is 11.7 Å². The van der Waals surface area contributed by atoms with Gasteiger partial charge in [0.15, 0.2) is 0 Å². The molecule has 1 heterocycles. The van der Waals surface area contributed by atoms with Crippen molar-refractivity contribution < 1.29 is 9.53 Å². The van der Waals surface area contributed by atoms with Gasteiger partial charge in [0.05, 0.1) is 5.69 Å². The van der Waals surface area contributed by atoms with Crippen molar-refractivity contribution in [1.29, 1.82) is 0 Å². The Balaban J connectivity index is 2.01. The first-order chi connectivity index (χ1) is 8.70. The molecule has 0 aliphatic heterocycles. The molecule has 0 aliphatic rings. The van der Waals surface area contributed by atoms with E-state index in [9.17, 15) is 4.79 Å². The average Bonchev–Trinajstić information content (AvgIpc) is 2.78. The molecule has 0 bridgehead atoms. The van der Waals surface area contributed by atoms with E-state index >= 15 is 0 Å². The SMILES string of the molecule is C=Cc1cn(C(=O)OCc2ccccc2)nc1C. The number of hydrogen-bond donors (Lipinski definition) is 0. The second kappa shape index (κ2) is 5.31. The highest BCUT2D eigenvalue weighted by Crippen LogP contribution is 2.08. The summed E-state index contributed by atoms with van der Waals surface area (Å²) in [5.74, 6) is 0. The molecule has 0 aliphatic carbocycles. The molecule has 18 heavy (non-hydrogen) atoms. The van der Waals surface area contributed by atoms with Gasteiger partial charge in [-0.15, -0.1) is 0 Å². The van der Waals surface area contributed by atoms with Crippen LogP contribution in [0.3, 0.4) is 0 Å². The predicted molar refractivity (Wildman–Crippen MR) is 69.1 cm³/mol. The summed E-state index contributed by atoms with van der Waals surface area (Å²) in [7, 11) is 0. The number of aryl methyl sites for hydroxylation is 1. The highest BCUT2D eigenvalue weighted by molar-refractivity contribution is 5.70. The molecule has 0 fully saturated rings. The summed E-state index contributed by atoms with van der Waals surface area (Å²) in [4.78, 5) is 11.7. The number of benzene rings is 1. The zero-order valence-electron chi connectivity index (χ0n) is 10.2. The van der Waals surface area contributed by atoms with Gasteiger partial charge in [-0.25, -0.2) is 4.79 Å². The minimum absolute atomic E-state index is 0.238. The van der Waals surface area contributed by atoms with Gasteiger partial charge in [0, 0.05) is 11.8 Å². The molecule has 0 unspecified atom stereocenters. The summed E-state index contributed by atoms with van der Waals surface area (Å²) < 4.78 is 6.34. The summed E-state index contributed by atoms with van der Waals surface area (Å²) >= 11 is 0. The molecule has 4 heteroatoms. The van der Waals surface area contributed by atoms with E-state index < -0.39 is 6.09 Å². The quantitative estimate of drug-likeness (QED) is 0.831. The molecule has 2 aromatic rings. The number of nitrogens with zero attached hydrogens (tertiary/aromatic N) is 2. The van der Waals surface area contributed by atoms with Crippen LogP contribution in [0.5, 0.6) is 0 Å². The number of ether oxygens (including phenoxy) is 1. The number of hydrogen-bond acceptors (Lipinski definition) is 3. The van der Waals surface area contributed by atoms with Gasteiger partial charge in [-0.3, -0.25) is 0 Å². The lowest BCUT2D eigenvalue weighted by atomic mass is 10.2. The summed E-state index contributed by atoms with van der Waals surface area (Å²) in [6.45, 7) is 5.71. The Bertz CT molecular complexity index is 558. The van der Waals surface area contributed by atoms with Gasteiger partial charge in [0.2, 0.25) is 0 Å². The van der Waals surface area contributed by atoms with Crippen LogP contribution in [0.15, 0.2) is 43.1 Å². The van der Waals surface area contributed by atoms with E-state index in [-0.39, 0.29) is 6.61 Å². The monoisotopic (exact) mass is 242 g/mol. The molecule has 0 saturated heterocycles. The fraction of sp³-hybridized carbons (Fsp3) is 0.143. The predicted octanol–water partition coefficient (Wildman–Crippen LogP) is 3.02. The van der Waals surface area contributed by atoms with Crippen LogP contribution in [0.2, 0.25) is 0 Å². The van der Waals surface area contributed by atoms with Gasteiger partial charge in [0.25, 0.3) is 0 Å². The molecular formula is C14H14N2O2. The molecule has 0 N–H and O–H groups in total. The Labute approximate surface area is 106 Å². The molecule has 0 amide bonds. The first kappa shape index (κ1) is 12.1. The zero-order chi connectivity index (χ0) is 13.0. The number of carbonyl (C=O) groups is 1. The van der Waals surface area contributed by atoms with Crippen LogP contribution in [0.25, 0.3) is 6.08 Å². The number of rotatable bonds is 3. The van der Waals surface area contributed by atoms with Crippen molar-refractivity contribution in [2.24, 2.45) is 0 Å². The first-order valence-corrected chi connectivity index (χ1v) is 5.60. The smallest absolute Gasteiger partial charge is 0.435 e. The van der Waals surface area contributed by atoms with Crippen molar-refractivity contribution in [3.8, 4) is 0 Å². The third kappa shape index (κ3) is 2.66. The van der Waals surface area contributed by atoms with Crippen LogP contribution in [0.4, 0.5) is 4.79 Å². The van der Waals surface area contributed by atoms with Crippen LogP contribution >= 0.6 is 0 Å². The van der Waals surface area contributed by atoms with Crippen LogP contribution in [0, 0.1) is 6.92 Å². The lowest BCUT2D eigenvalue weighted by Gasteiger charge is -2.03. The van der Waals surface area contributed by atoms with Crippen molar-refractivity contribution in [3.05, 3.63) is 59.9 Å². The fourth-order valence-corrected chi connectivity index (χ4v) is 1.55. The average molecular weight is 242 g/mol. The van der Waals surface area contributed by atoms with Crippen molar-refractivity contribution in [2.75, 3.05) is 0 Å². The van der Waals surface area contributed by atoms with Gasteiger partial charge >= 0.3 is 6.09 Å². The maximum atomic E-state index is 11.7. The highest BCUT2D eigenvalue weighted by Gasteiger charge is 2.10. The van der Waals surface area contributed by atoms with Crippen molar-refractivity contribution >= 4 is 12.2 Å². The summed E-state index contributed by atoms with van der Waals surface area (Å²) in [6, 6.07) is 9.51. The van der Waals surface area contributed by atoms with Gasteiger partial charge in [-0.05, 0) is 12.5 Å². The molecule has 2 rings (SSSR count). The molecule has 1 aromatic carbocycles. The van der Waals surface area contributed by atoms with Crippen LogP contribution in [0.1, 0.15) is 16.8 Å². The normalized spacial score (nSPS) is 10.1. The van der Waals surface area contributed by atoms with E-state index in [1.54, 1.807) is 12.3 Å². The third-order valence-corrected chi connectivity index (χ3v) is 2.55. The van der Waals surface area contributed by atoms with E-state index in [1.807, 2.05) is 37.3 Å². The van der Waals surface area contributed by atoms with E-state index in [0.717, 1.165) is 16.8 Å². The van der Waals surface area contributed by atoms with Gasteiger partial charge in [-0.1, -0.05) is 43.0 Å². The minimum atomic E-state index is -0.491.